The van der Waals surface area contributed by atoms with E-state index in [1.165, 1.54) is 0 Å². The molecule has 21 heavy (non-hydrogen) atoms. The highest BCUT2D eigenvalue weighted by atomic mass is 32.2. The van der Waals surface area contributed by atoms with Gasteiger partial charge in [0.2, 0.25) is 10.0 Å². The monoisotopic (exact) mass is 312 g/mol. The zero-order valence-corrected chi connectivity index (χ0v) is 13.5. The minimum atomic E-state index is -3.51. The average molecular weight is 312 g/mol. The quantitative estimate of drug-likeness (QED) is 0.869. The van der Waals surface area contributed by atoms with E-state index in [0.29, 0.717) is 24.8 Å². The lowest BCUT2D eigenvalue weighted by molar-refractivity contribution is 0.220. The number of ether oxygens (including phenoxy) is 1. The molecule has 6 heteroatoms. The highest BCUT2D eigenvalue weighted by molar-refractivity contribution is 7.89. The summed E-state index contributed by atoms with van der Waals surface area (Å²) in [5.41, 5.74) is 0. The SMILES string of the molecule is CCOc1ccccc1S(=O)(=O)NCC1CCN(C)CC1. The average Bonchev–Trinajstić information content (AvgIpc) is 2.47. The molecular formula is C15H24N2O3S. The minimum absolute atomic E-state index is 0.222. The standard InChI is InChI=1S/C15H24N2O3S/c1-3-20-14-6-4-5-7-15(14)21(18,19)16-12-13-8-10-17(2)11-9-13/h4-7,13,16H,3,8-12H2,1-2H3. The molecule has 1 aromatic rings. The first-order chi connectivity index (χ1) is 10.0. The predicted octanol–water partition coefficient (Wildman–Crippen LogP) is 1.71. The fourth-order valence-corrected chi connectivity index (χ4v) is 3.78. The van der Waals surface area contributed by atoms with Crippen molar-refractivity contribution in [1.82, 2.24) is 9.62 Å². The maximum Gasteiger partial charge on any atom is 0.244 e. The first-order valence-corrected chi connectivity index (χ1v) is 8.91. The fraction of sp³-hybridized carbons (Fsp3) is 0.600. The smallest absolute Gasteiger partial charge is 0.244 e. The van der Waals surface area contributed by atoms with Crippen LogP contribution in [-0.4, -0.2) is 46.6 Å². The van der Waals surface area contributed by atoms with Crippen LogP contribution in [-0.2, 0) is 10.0 Å². The van der Waals surface area contributed by atoms with Gasteiger partial charge in [-0.1, -0.05) is 12.1 Å². The Hall–Kier alpha value is -1.11. The molecule has 1 saturated heterocycles. The number of para-hydroxylation sites is 1. The number of hydrogen-bond acceptors (Lipinski definition) is 4. The second-order valence-electron chi connectivity index (χ2n) is 5.48. The summed E-state index contributed by atoms with van der Waals surface area (Å²) in [6, 6.07) is 6.77. The van der Waals surface area contributed by atoms with Crippen LogP contribution in [0.5, 0.6) is 5.75 Å². The Morgan fingerprint density at radius 3 is 2.62 bits per heavy atom. The van der Waals surface area contributed by atoms with Gasteiger partial charge < -0.3 is 9.64 Å². The number of likely N-dealkylation sites (tertiary alicyclic amines) is 1. The highest BCUT2D eigenvalue weighted by Gasteiger charge is 2.22. The number of benzene rings is 1. The van der Waals surface area contributed by atoms with E-state index in [9.17, 15) is 8.42 Å². The molecule has 118 valence electrons. The molecule has 2 rings (SSSR count). The van der Waals surface area contributed by atoms with Crippen LogP contribution in [0, 0.1) is 5.92 Å². The van der Waals surface area contributed by atoms with Crippen molar-refractivity contribution in [3.63, 3.8) is 0 Å². The maximum atomic E-state index is 12.4. The van der Waals surface area contributed by atoms with E-state index in [1.807, 2.05) is 6.92 Å². The predicted molar refractivity (Wildman–Crippen MR) is 83.0 cm³/mol. The van der Waals surface area contributed by atoms with Gasteiger partial charge in [0.25, 0.3) is 0 Å². The molecule has 0 amide bonds. The van der Waals surface area contributed by atoms with Crippen molar-refractivity contribution in [2.45, 2.75) is 24.7 Å². The molecule has 5 nitrogen and oxygen atoms in total. The number of nitrogens with zero attached hydrogens (tertiary/aromatic N) is 1. The zero-order valence-electron chi connectivity index (χ0n) is 12.7. The maximum absolute atomic E-state index is 12.4. The Morgan fingerprint density at radius 1 is 1.29 bits per heavy atom. The molecule has 1 heterocycles. The number of rotatable bonds is 6. The number of sulfonamides is 1. The van der Waals surface area contributed by atoms with Gasteiger partial charge in [0.1, 0.15) is 10.6 Å². The van der Waals surface area contributed by atoms with E-state index in [1.54, 1.807) is 24.3 Å². The molecule has 1 fully saturated rings. The van der Waals surface area contributed by atoms with Gasteiger partial charge in [-0.05, 0) is 58.0 Å². The molecular weight excluding hydrogens is 288 g/mol. The van der Waals surface area contributed by atoms with Crippen LogP contribution >= 0.6 is 0 Å². The van der Waals surface area contributed by atoms with E-state index >= 15 is 0 Å². The third-order valence-corrected chi connectivity index (χ3v) is 5.30. The van der Waals surface area contributed by atoms with E-state index in [2.05, 4.69) is 16.7 Å². The van der Waals surface area contributed by atoms with Gasteiger partial charge in [-0.2, -0.15) is 0 Å². The molecule has 0 radical (unpaired) electrons. The molecule has 0 aliphatic carbocycles. The van der Waals surface area contributed by atoms with Crippen molar-refractivity contribution >= 4 is 10.0 Å². The summed E-state index contributed by atoms with van der Waals surface area (Å²) in [7, 11) is -1.42. The van der Waals surface area contributed by atoms with Crippen LogP contribution in [0.15, 0.2) is 29.2 Å². The zero-order chi connectivity index (χ0) is 15.3. The lowest BCUT2D eigenvalue weighted by Crippen LogP contribution is -2.36. The summed E-state index contributed by atoms with van der Waals surface area (Å²) in [6.07, 6.45) is 2.07. The van der Waals surface area contributed by atoms with Gasteiger partial charge >= 0.3 is 0 Å². The molecule has 1 N–H and O–H groups in total. The summed E-state index contributed by atoms with van der Waals surface area (Å²) in [5, 5.41) is 0. The molecule has 0 spiro atoms. The second kappa shape index (κ2) is 7.24. The molecule has 0 unspecified atom stereocenters. The lowest BCUT2D eigenvalue weighted by atomic mass is 9.98. The molecule has 0 saturated carbocycles. The summed E-state index contributed by atoms with van der Waals surface area (Å²) in [5.74, 6) is 0.825. The summed E-state index contributed by atoms with van der Waals surface area (Å²) in [6.45, 7) is 4.84. The van der Waals surface area contributed by atoms with E-state index in [4.69, 9.17) is 4.74 Å². The molecule has 0 aromatic heterocycles. The molecule has 1 aliphatic heterocycles. The number of hydrogen-bond donors (Lipinski definition) is 1. The van der Waals surface area contributed by atoms with Gasteiger partial charge in [0, 0.05) is 6.54 Å². The molecule has 1 aliphatic rings. The summed E-state index contributed by atoms with van der Waals surface area (Å²) < 4.78 is 33.0. The van der Waals surface area contributed by atoms with Gasteiger partial charge in [-0.3, -0.25) is 0 Å². The lowest BCUT2D eigenvalue weighted by Gasteiger charge is -2.28. The summed E-state index contributed by atoms with van der Waals surface area (Å²) in [4.78, 5) is 2.50. The van der Waals surface area contributed by atoms with Gasteiger partial charge in [-0.25, -0.2) is 13.1 Å². The van der Waals surface area contributed by atoms with Crippen molar-refractivity contribution in [2.24, 2.45) is 5.92 Å². The van der Waals surface area contributed by atoms with Crippen molar-refractivity contribution in [1.29, 1.82) is 0 Å². The Bertz CT molecular complexity index is 552. The van der Waals surface area contributed by atoms with Gasteiger partial charge in [0.05, 0.1) is 6.61 Å². The van der Waals surface area contributed by atoms with Crippen molar-refractivity contribution in [3.05, 3.63) is 24.3 Å². The first-order valence-electron chi connectivity index (χ1n) is 7.43. The number of piperidine rings is 1. The Morgan fingerprint density at radius 2 is 1.95 bits per heavy atom. The van der Waals surface area contributed by atoms with E-state index < -0.39 is 10.0 Å². The van der Waals surface area contributed by atoms with Crippen molar-refractivity contribution < 1.29 is 13.2 Å². The van der Waals surface area contributed by atoms with Crippen LogP contribution in [0.25, 0.3) is 0 Å². The van der Waals surface area contributed by atoms with Crippen LogP contribution < -0.4 is 9.46 Å². The van der Waals surface area contributed by atoms with Crippen molar-refractivity contribution in [3.8, 4) is 5.75 Å². The van der Waals surface area contributed by atoms with Crippen LogP contribution in [0.4, 0.5) is 0 Å². The van der Waals surface area contributed by atoms with E-state index in [0.717, 1.165) is 25.9 Å². The van der Waals surface area contributed by atoms with Gasteiger partial charge in [0.15, 0.2) is 0 Å². The normalized spacial score (nSPS) is 17.8. The number of nitrogens with one attached hydrogen (secondary N) is 1. The minimum Gasteiger partial charge on any atom is -0.492 e. The first kappa shape index (κ1) is 16.3. The van der Waals surface area contributed by atoms with Crippen molar-refractivity contribution in [2.75, 3.05) is 33.3 Å². The van der Waals surface area contributed by atoms with Crippen LogP contribution in [0.1, 0.15) is 19.8 Å². The largest absolute Gasteiger partial charge is 0.492 e. The third kappa shape index (κ3) is 4.43. The van der Waals surface area contributed by atoms with Crippen LogP contribution in [0.3, 0.4) is 0 Å². The third-order valence-electron chi connectivity index (χ3n) is 3.84. The molecule has 1 aromatic carbocycles. The Balaban J connectivity index is 2.01. The topological polar surface area (TPSA) is 58.6 Å². The second-order valence-corrected chi connectivity index (χ2v) is 7.21. The molecule has 0 bridgehead atoms. The Labute approximate surface area is 127 Å². The van der Waals surface area contributed by atoms with E-state index in [-0.39, 0.29) is 4.90 Å². The van der Waals surface area contributed by atoms with Gasteiger partial charge in [-0.15, -0.1) is 0 Å². The van der Waals surface area contributed by atoms with Crippen LogP contribution in [0.2, 0.25) is 0 Å². The Kier molecular flexibility index (Phi) is 5.61. The molecule has 0 atom stereocenters. The highest BCUT2D eigenvalue weighted by Crippen LogP contribution is 2.23. The fourth-order valence-electron chi connectivity index (χ4n) is 2.52. The summed E-state index contributed by atoms with van der Waals surface area (Å²) >= 11 is 0.